The predicted molar refractivity (Wildman–Crippen MR) is 115 cm³/mol. The van der Waals surface area contributed by atoms with Gasteiger partial charge in [0, 0.05) is 30.5 Å². The fourth-order valence-corrected chi connectivity index (χ4v) is 4.92. The van der Waals surface area contributed by atoms with E-state index in [2.05, 4.69) is 33.9 Å². The molecule has 9 nitrogen and oxygen atoms in total. The monoisotopic (exact) mass is 448 g/mol. The summed E-state index contributed by atoms with van der Waals surface area (Å²) in [7, 11) is 0. The van der Waals surface area contributed by atoms with Crippen LogP contribution in [-0.2, 0) is 19.1 Å². The normalized spacial score (nSPS) is 22.7. The summed E-state index contributed by atoms with van der Waals surface area (Å²) in [5.74, 6) is 1.06. The molecular formula is C18H32N4O5S2. The SMILES string of the molecule is O=C(CS)NCCOCCOCCNC(=O)CCCC[C@@H]1SC[C@@H]2NC(=O)N[C@@H]21. The highest BCUT2D eigenvalue weighted by Crippen LogP contribution is 2.33. The highest BCUT2D eigenvalue weighted by molar-refractivity contribution is 8.00. The Kier molecular flexibility index (Phi) is 11.6. The number of hydrogen-bond donors (Lipinski definition) is 5. The first-order chi connectivity index (χ1) is 14.1. The van der Waals surface area contributed by atoms with Gasteiger partial charge in [0.25, 0.3) is 0 Å². The van der Waals surface area contributed by atoms with Crippen molar-refractivity contribution in [3.05, 3.63) is 0 Å². The number of ether oxygens (including phenoxy) is 2. The summed E-state index contributed by atoms with van der Waals surface area (Å²) in [6, 6.07) is 0.426. The summed E-state index contributed by atoms with van der Waals surface area (Å²) in [5.41, 5.74) is 0. The van der Waals surface area contributed by atoms with Gasteiger partial charge in [-0.3, -0.25) is 9.59 Å². The second-order valence-corrected chi connectivity index (χ2v) is 8.54. The zero-order valence-electron chi connectivity index (χ0n) is 16.6. The smallest absolute Gasteiger partial charge is 0.315 e. The number of amides is 4. The Balaban J connectivity index is 1.35. The van der Waals surface area contributed by atoms with Crippen molar-refractivity contribution in [1.82, 2.24) is 21.3 Å². The van der Waals surface area contributed by atoms with E-state index < -0.39 is 0 Å². The number of hydrogen-bond acceptors (Lipinski definition) is 7. The molecule has 0 aromatic heterocycles. The van der Waals surface area contributed by atoms with Crippen LogP contribution in [0.2, 0.25) is 0 Å². The maximum Gasteiger partial charge on any atom is 0.315 e. The highest BCUT2D eigenvalue weighted by atomic mass is 32.2. The summed E-state index contributed by atoms with van der Waals surface area (Å²) in [5, 5.41) is 11.9. The molecule has 29 heavy (non-hydrogen) atoms. The van der Waals surface area contributed by atoms with Crippen LogP contribution in [0.15, 0.2) is 0 Å². The first kappa shape index (κ1) is 24.1. The molecule has 2 rings (SSSR count). The molecule has 3 atom stereocenters. The molecule has 11 heteroatoms. The van der Waals surface area contributed by atoms with Gasteiger partial charge in [0.2, 0.25) is 11.8 Å². The number of thioether (sulfide) groups is 1. The van der Waals surface area contributed by atoms with Crippen LogP contribution in [0.5, 0.6) is 0 Å². The zero-order chi connectivity index (χ0) is 20.9. The van der Waals surface area contributed by atoms with Gasteiger partial charge in [-0.1, -0.05) is 6.42 Å². The van der Waals surface area contributed by atoms with Gasteiger partial charge >= 0.3 is 6.03 Å². The minimum absolute atomic E-state index is 0.0394. The van der Waals surface area contributed by atoms with Crippen LogP contribution in [0.1, 0.15) is 25.7 Å². The number of fused-ring (bicyclic) bond motifs is 1. The Morgan fingerprint density at radius 1 is 1.03 bits per heavy atom. The maximum absolute atomic E-state index is 11.8. The first-order valence-corrected chi connectivity index (χ1v) is 11.8. The molecule has 2 aliphatic heterocycles. The minimum atomic E-state index is -0.116. The van der Waals surface area contributed by atoms with Crippen molar-refractivity contribution in [3.8, 4) is 0 Å². The topological polar surface area (TPSA) is 118 Å². The Morgan fingerprint density at radius 2 is 1.72 bits per heavy atom. The van der Waals surface area contributed by atoms with Gasteiger partial charge in [-0.2, -0.15) is 24.4 Å². The van der Waals surface area contributed by atoms with E-state index in [-0.39, 0.29) is 35.7 Å². The molecule has 0 aliphatic carbocycles. The molecule has 2 aliphatic rings. The number of thiol groups is 1. The number of nitrogens with one attached hydrogen (secondary N) is 4. The average Bonchev–Trinajstić information content (AvgIpc) is 3.25. The lowest BCUT2D eigenvalue weighted by Gasteiger charge is -2.16. The van der Waals surface area contributed by atoms with Crippen LogP contribution in [0.25, 0.3) is 0 Å². The molecule has 0 bridgehead atoms. The van der Waals surface area contributed by atoms with Gasteiger partial charge < -0.3 is 30.7 Å². The van der Waals surface area contributed by atoms with Crippen molar-refractivity contribution in [2.75, 3.05) is 51.0 Å². The molecule has 2 fully saturated rings. The largest absolute Gasteiger partial charge is 0.377 e. The Labute approximate surface area is 181 Å². The molecule has 0 spiro atoms. The Bertz CT molecular complexity index is 540. The standard InChI is InChI=1S/C18H32N4O5S2/c23-15(19-5-7-26-9-10-27-8-6-20-16(24)11-28)4-2-1-3-14-17-13(12-29-14)21-18(25)22-17/h13-14,17,28H,1-12H2,(H,19,23)(H,20,24)(H2,21,22,25)/t13-,14-,17-/m0/s1. The molecule has 4 N–H and O–H groups in total. The second kappa shape index (κ2) is 13.9. The number of carbonyl (C=O) groups is 3. The molecule has 0 aromatic carbocycles. The van der Waals surface area contributed by atoms with Crippen LogP contribution in [-0.4, -0.2) is 86.2 Å². The Hall–Kier alpha value is -1.17. The maximum atomic E-state index is 11.8. The number of rotatable bonds is 15. The summed E-state index contributed by atoms with van der Waals surface area (Å²) >= 11 is 5.76. The molecule has 0 radical (unpaired) electrons. The van der Waals surface area contributed by atoms with Crippen molar-refractivity contribution < 1.29 is 23.9 Å². The zero-order valence-corrected chi connectivity index (χ0v) is 18.3. The molecule has 0 aromatic rings. The van der Waals surface area contributed by atoms with Crippen LogP contribution in [0.3, 0.4) is 0 Å². The molecule has 0 unspecified atom stereocenters. The van der Waals surface area contributed by atoms with Crippen LogP contribution in [0, 0.1) is 0 Å². The van der Waals surface area contributed by atoms with E-state index in [4.69, 9.17) is 9.47 Å². The van der Waals surface area contributed by atoms with Crippen molar-refractivity contribution >= 4 is 42.2 Å². The van der Waals surface area contributed by atoms with E-state index in [1.807, 2.05) is 11.8 Å². The first-order valence-electron chi connectivity index (χ1n) is 10.1. The van der Waals surface area contributed by atoms with Crippen molar-refractivity contribution in [2.45, 2.75) is 43.0 Å². The van der Waals surface area contributed by atoms with Crippen molar-refractivity contribution in [2.24, 2.45) is 0 Å². The lowest BCUT2D eigenvalue weighted by atomic mass is 10.0. The van der Waals surface area contributed by atoms with E-state index in [9.17, 15) is 14.4 Å². The Morgan fingerprint density at radius 3 is 2.41 bits per heavy atom. The fraction of sp³-hybridized carbons (Fsp3) is 0.833. The van der Waals surface area contributed by atoms with Gasteiger partial charge in [0.15, 0.2) is 0 Å². The van der Waals surface area contributed by atoms with Crippen LogP contribution >= 0.6 is 24.4 Å². The van der Waals surface area contributed by atoms with Gasteiger partial charge in [0.05, 0.1) is 44.3 Å². The summed E-state index contributed by atoms with van der Waals surface area (Å²) in [4.78, 5) is 34.2. The van der Waals surface area contributed by atoms with Crippen molar-refractivity contribution in [3.63, 3.8) is 0 Å². The second-order valence-electron chi connectivity index (χ2n) is 6.95. The van der Waals surface area contributed by atoms with Gasteiger partial charge in [0.1, 0.15) is 0 Å². The van der Waals surface area contributed by atoms with E-state index >= 15 is 0 Å². The lowest BCUT2D eigenvalue weighted by Crippen LogP contribution is -2.36. The molecular weight excluding hydrogens is 416 g/mol. The molecule has 166 valence electrons. The lowest BCUT2D eigenvalue weighted by molar-refractivity contribution is -0.121. The van der Waals surface area contributed by atoms with E-state index in [1.165, 1.54) is 0 Å². The molecule has 2 heterocycles. The molecule has 4 amide bonds. The average molecular weight is 449 g/mol. The quantitative estimate of drug-likeness (QED) is 0.136. The fourth-order valence-electron chi connectivity index (χ4n) is 3.27. The summed E-state index contributed by atoms with van der Waals surface area (Å²) in [6.07, 6.45) is 3.35. The molecule has 0 saturated carbocycles. The van der Waals surface area contributed by atoms with Gasteiger partial charge in [-0.05, 0) is 12.8 Å². The third-order valence-corrected chi connectivity index (χ3v) is 6.53. The number of urea groups is 1. The summed E-state index contributed by atoms with van der Waals surface area (Å²) < 4.78 is 10.7. The van der Waals surface area contributed by atoms with E-state index in [0.717, 1.165) is 25.0 Å². The van der Waals surface area contributed by atoms with E-state index in [0.29, 0.717) is 51.2 Å². The highest BCUT2D eigenvalue weighted by Gasteiger charge is 2.42. The summed E-state index contributed by atoms with van der Waals surface area (Å²) in [6.45, 7) is 2.71. The van der Waals surface area contributed by atoms with Crippen molar-refractivity contribution in [1.29, 1.82) is 0 Å². The predicted octanol–water partition coefficient (Wildman–Crippen LogP) is -0.0924. The minimum Gasteiger partial charge on any atom is -0.377 e. The number of unbranched alkanes of at least 4 members (excludes halogenated alkanes) is 1. The van der Waals surface area contributed by atoms with E-state index in [1.54, 1.807) is 0 Å². The third-order valence-electron chi connectivity index (χ3n) is 4.73. The van der Waals surface area contributed by atoms with Crippen LogP contribution in [0.4, 0.5) is 4.79 Å². The van der Waals surface area contributed by atoms with Gasteiger partial charge in [-0.25, -0.2) is 4.79 Å². The molecule has 2 saturated heterocycles. The third kappa shape index (κ3) is 9.45. The van der Waals surface area contributed by atoms with Gasteiger partial charge in [-0.15, -0.1) is 0 Å². The number of carbonyl (C=O) groups excluding carboxylic acids is 3. The van der Waals surface area contributed by atoms with Crippen LogP contribution < -0.4 is 21.3 Å².